The van der Waals surface area contributed by atoms with Gasteiger partial charge in [0.05, 0.1) is 0 Å². The fourth-order valence-corrected chi connectivity index (χ4v) is 10.0. The Hall–Kier alpha value is -6.50. The van der Waals surface area contributed by atoms with Crippen molar-refractivity contribution in [3.63, 3.8) is 0 Å². The van der Waals surface area contributed by atoms with Crippen molar-refractivity contribution in [3.05, 3.63) is 158 Å². The Bertz CT molecular complexity index is 3440. The first-order chi connectivity index (χ1) is 24.8. The minimum Gasteiger partial charge on any atom is -0.0616 e. The molecule has 12 aromatic carbocycles. The Morgan fingerprint density at radius 2 is 0.620 bits per heavy atom. The van der Waals surface area contributed by atoms with E-state index in [1.165, 1.54) is 130 Å². The first-order valence-corrected chi connectivity index (χ1v) is 17.6. The van der Waals surface area contributed by atoms with E-state index in [4.69, 9.17) is 0 Å². The molecule has 0 nitrogen and oxygen atoms in total. The van der Waals surface area contributed by atoms with Gasteiger partial charge in [-0.3, -0.25) is 0 Å². The largest absolute Gasteiger partial charge is 0.0616 e. The molecule has 0 unspecified atom stereocenters. The third-order valence-corrected chi connectivity index (χ3v) is 12.1. The monoisotopic (exact) mass is 626 g/mol. The van der Waals surface area contributed by atoms with Crippen LogP contribution in [0.4, 0.5) is 0 Å². The average molecular weight is 627 g/mol. The second-order valence-corrected chi connectivity index (χ2v) is 14.3. The second kappa shape index (κ2) is 8.74. The lowest BCUT2D eigenvalue weighted by Crippen LogP contribution is -1.89. The van der Waals surface area contributed by atoms with Crippen LogP contribution in [0, 0.1) is 0 Å². The van der Waals surface area contributed by atoms with Crippen molar-refractivity contribution in [2.75, 3.05) is 0 Å². The van der Waals surface area contributed by atoms with Gasteiger partial charge in [-0.2, -0.15) is 0 Å². The lowest BCUT2D eigenvalue weighted by atomic mass is 9.86. The minimum atomic E-state index is 1.30. The van der Waals surface area contributed by atoms with E-state index in [0.717, 1.165) is 0 Å². The lowest BCUT2D eigenvalue weighted by molar-refractivity contribution is 1.69. The van der Waals surface area contributed by atoms with Gasteiger partial charge >= 0.3 is 0 Å². The lowest BCUT2D eigenvalue weighted by Gasteiger charge is -2.16. The summed E-state index contributed by atoms with van der Waals surface area (Å²) in [7, 11) is 0. The molecule has 226 valence electrons. The molecule has 0 fully saturated rings. The van der Waals surface area contributed by atoms with E-state index in [2.05, 4.69) is 158 Å². The highest BCUT2D eigenvalue weighted by Crippen LogP contribution is 2.52. The van der Waals surface area contributed by atoms with Crippen LogP contribution in [0.5, 0.6) is 0 Å². The Kier molecular flexibility index (Phi) is 4.46. The molecule has 0 bridgehead atoms. The molecule has 1 aliphatic carbocycles. The van der Waals surface area contributed by atoms with E-state index < -0.39 is 0 Å². The first-order valence-electron chi connectivity index (χ1n) is 17.6. The number of benzene rings is 10. The van der Waals surface area contributed by atoms with Crippen molar-refractivity contribution in [1.82, 2.24) is 0 Å². The molecule has 12 aromatic rings. The Balaban J connectivity index is 1.27. The summed E-state index contributed by atoms with van der Waals surface area (Å²) in [5.74, 6) is 0. The van der Waals surface area contributed by atoms with Crippen LogP contribution < -0.4 is 0 Å². The normalized spacial score (nSPS) is 12.8. The summed E-state index contributed by atoms with van der Waals surface area (Å²) in [6, 6.07) is 60.0. The van der Waals surface area contributed by atoms with Gasteiger partial charge in [0.25, 0.3) is 0 Å². The molecule has 0 saturated heterocycles. The van der Waals surface area contributed by atoms with Gasteiger partial charge in [0, 0.05) is 0 Å². The Morgan fingerprint density at radius 3 is 1.38 bits per heavy atom. The van der Waals surface area contributed by atoms with Gasteiger partial charge in [-0.15, -0.1) is 0 Å². The maximum Gasteiger partial charge on any atom is -0.00199 e. The van der Waals surface area contributed by atoms with E-state index in [-0.39, 0.29) is 0 Å². The van der Waals surface area contributed by atoms with Crippen molar-refractivity contribution >= 4 is 97.0 Å². The fourth-order valence-electron chi connectivity index (χ4n) is 10.0. The van der Waals surface area contributed by atoms with Crippen molar-refractivity contribution in [2.45, 2.75) is 0 Å². The highest BCUT2D eigenvalue weighted by Gasteiger charge is 2.24. The smallest absolute Gasteiger partial charge is 0.00199 e. The zero-order chi connectivity index (χ0) is 32.2. The van der Waals surface area contributed by atoms with Crippen LogP contribution in [0.15, 0.2) is 158 Å². The molecule has 0 N–H and O–H groups in total. The molecular formula is C50H26. The summed E-state index contributed by atoms with van der Waals surface area (Å²) in [6.45, 7) is 0. The van der Waals surface area contributed by atoms with Gasteiger partial charge in [0.2, 0.25) is 0 Å². The summed E-state index contributed by atoms with van der Waals surface area (Å²) in [5.41, 5.74) is 7.94. The SMILES string of the molecule is c1ccc2c(c1)-c1cccc3c(-c4cc5c(cc6c7ccccc7c7cccc5c76)c5cc6c(cc45)c4cccc5cccc6c54)ccc-2c13. The van der Waals surface area contributed by atoms with Gasteiger partial charge in [0.1, 0.15) is 0 Å². The Morgan fingerprint density at radius 1 is 0.180 bits per heavy atom. The van der Waals surface area contributed by atoms with Crippen LogP contribution >= 0.6 is 0 Å². The van der Waals surface area contributed by atoms with Gasteiger partial charge in [0.15, 0.2) is 0 Å². The second-order valence-electron chi connectivity index (χ2n) is 14.3. The van der Waals surface area contributed by atoms with E-state index >= 15 is 0 Å². The maximum absolute atomic E-state index is 2.52. The molecule has 0 aromatic heterocycles. The summed E-state index contributed by atoms with van der Waals surface area (Å²) in [4.78, 5) is 0. The molecule has 1 aliphatic rings. The third-order valence-electron chi connectivity index (χ3n) is 12.1. The van der Waals surface area contributed by atoms with E-state index in [1.54, 1.807) is 0 Å². The maximum atomic E-state index is 2.52. The number of fused-ring (bicyclic) bond motifs is 13. The predicted octanol–water partition coefficient (Wildman–Crippen LogP) is 14.3. The molecular weight excluding hydrogens is 601 g/mol. The molecule has 0 spiro atoms. The molecule has 0 atom stereocenters. The van der Waals surface area contributed by atoms with E-state index in [9.17, 15) is 0 Å². The summed E-state index contributed by atoms with van der Waals surface area (Å²) in [6.07, 6.45) is 0. The molecule has 0 aliphatic heterocycles. The van der Waals surface area contributed by atoms with Gasteiger partial charge in [-0.25, -0.2) is 0 Å². The zero-order valence-electron chi connectivity index (χ0n) is 27.0. The van der Waals surface area contributed by atoms with Crippen LogP contribution in [0.2, 0.25) is 0 Å². The predicted molar refractivity (Wildman–Crippen MR) is 216 cm³/mol. The van der Waals surface area contributed by atoms with Gasteiger partial charge in [-0.1, -0.05) is 133 Å². The number of rotatable bonds is 1. The summed E-state index contributed by atoms with van der Waals surface area (Å²) < 4.78 is 0. The van der Waals surface area contributed by atoms with E-state index in [1.807, 2.05) is 0 Å². The topological polar surface area (TPSA) is 0 Å². The van der Waals surface area contributed by atoms with Crippen LogP contribution in [-0.4, -0.2) is 0 Å². The standard InChI is InChI=1S/C50H26/c1-2-12-29-28(11-1)33-17-7-19-35-32(21-22-39(29)49(33)35)40-23-43-38-20-8-18-34-30-13-3-4-14-31(30)47(50(34)38)26-46(43)45-25-42-37-16-6-10-27-9-5-15-36(48(27)37)41(42)24-44(40)45/h1-26H. The molecule has 0 amide bonds. The third kappa shape index (κ3) is 2.93. The Labute approximate surface area is 287 Å². The molecule has 0 saturated carbocycles. The molecule has 13 rings (SSSR count). The molecule has 0 heterocycles. The quantitative estimate of drug-likeness (QED) is 0.159. The summed E-state index contributed by atoms with van der Waals surface area (Å²) >= 11 is 0. The zero-order valence-corrected chi connectivity index (χ0v) is 27.0. The fraction of sp³-hybridized carbons (Fsp3) is 0. The number of hydrogen-bond donors (Lipinski definition) is 0. The summed E-state index contributed by atoms with van der Waals surface area (Å²) in [5, 5.41) is 24.1. The molecule has 0 heteroatoms. The van der Waals surface area contributed by atoms with Gasteiger partial charge < -0.3 is 0 Å². The van der Waals surface area contributed by atoms with Gasteiger partial charge in [-0.05, 0) is 155 Å². The number of hydrogen-bond acceptors (Lipinski definition) is 0. The average Bonchev–Trinajstić information content (AvgIpc) is 3.80. The highest BCUT2D eigenvalue weighted by molar-refractivity contribution is 6.39. The van der Waals surface area contributed by atoms with Crippen molar-refractivity contribution in [2.24, 2.45) is 0 Å². The highest BCUT2D eigenvalue weighted by atomic mass is 14.3. The molecule has 0 radical (unpaired) electrons. The first kappa shape index (κ1) is 25.5. The van der Waals surface area contributed by atoms with Crippen molar-refractivity contribution < 1.29 is 0 Å². The van der Waals surface area contributed by atoms with Crippen molar-refractivity contribution in [1.29, 1.82) is 0 Å². The van der Waals surface area contributed by atoms with Crippen LogP contribution in [-0.2, 0) is 0 Å². The van der Waals surface area contributed by atoms with Crippen LogP contribution in [0.3, 0.4) is 0 Å². The molecule has 50 heavy (non-hydrogen) atoms. The van der Waals surface area contributed by atoms with Crippen LogP contribution in [0.1, 0.15) is 0 Å². The van der Waals surface area contributed by atoms with Crippen molar-refractivity contribution in [3.8, 4) is 33.4 Å². The van der Waals surface area contributed by atoms with E-state index in [0.29, 0.717) is 0 Å². The van der Waals surface area contributed by atoms with Crippen LogP contribution in [0.25, 0.3) is 130 Å². The minimum absolute atomic E-state index is 1.30.